The van der Waals surface area contributed by atoms with Crippen LogP contribution in [-0.4, -0.2) is 64.4 Å². The molecule has 2 amide bonds. The van der Waals surface area contributed by atoms with E-state index in [2.05, 4.69) is 0 Å². The first-order chi connectivity index (χ1) is 16.4. The Bertz CT molecular complexity index is 1190. The van der Waals surface area contributed by atoms with Crippen molar-refractivity contribution >= 4 is 28.4 Å². The van der Waals surface area contributed by atoms with Crippen LogP contribution in [0, 0.1) is 10.1 Å². The third-order valence-corrected chi connectivity index (χ3v) is 6.26. The summed E-state index contributed by atoms with van der Waals surface area (Å²) < 4.78 is 6.98. The average molecular weight is 465 g/mol. The standard InChI is InChI=1S/C25H28N4O5/c1-34-22-7-3-19(4-8-22)5-10-24(30)26-12-2-13-27(16-15-26)25(31)18-28-14-11-20-17-21(29(32)33)6-9-23(20)28/h3-4,6-9,11,14,17H,2,5,10,12-13,15-16,18H2,1H3. The van der Waals surface area contributed by atoms with Gasteiger partial charge in [0.1, 0.15) is 12.3 Å². The number of hydrogen-bond acceptors (Lipinski definition) is 5. The predicted molar refractivity (Wildman–Crippen MR) is 128 cm³/mol. The van der Waals surface area contributed by atoms with Gasteiger partial charge in [0.05, 0.1) is 12.0 Å². The van der Waals surface area contributed by atoms with E-state index >= 15 is 0 Å². The Morgan fingerprint density at radius 3 is 2.35 bits per heavy atom. The van der Waals surface area contributed by atoms with Crippen LogP contribution in [0.4, 0.5) is 5.69 Å². The van der Waals surface area contributed by atoms with E-state index in [9.17, 15) is 19.7 Å². The Labute approximate surface area is 197 Å². The van der Waals surface area contributed by atoms with Crippen LogP contribution in [0.1, 0.15) is 18.4 Å². The normalized spacial score (nSPS) is 14.1. The van der Waals surface area contributed by atoms with Crippen LogP contribution in [0.25, 0.3) is 10.9 Å². The summed E-state index contributed by atoms with van der Waals surface area (Å²) in [5.74, 6) is 0.869. The van der Waals surface area contributed by atoms with Gasteiger partial charge in [-0.05, 0) is 42.7 Å². The number of nitro benzene ring substituents is 1. The van der Waals surface area contributed by atoms with Crippen molar-refractivity contribution in [3.05, 3.63) is 70.4 Å². The minimum Gasteiger partial charge on any atom is -0.497 e. The first-order valence-electron chi connectivity index (χ1n) is 11.4. The number of carbonyl (C=O) groups is 2. The van der Waals surface area contributed by atoms with Gasteiger partial charge in [-0.15, -0.1) is 0 Å². The highest BCUT2D eigenvalue weighted by Crippen LogP contribution is 2.22. The summed E-state index contributed by atoms with van der Waals surface area (Å²) in [5, 5.41) is 11.7. The highest BCUT2D eigenvalue weighted by Gasteiger charge is 2.22. The van der Waals surface area contributed by atoms with Crippen LogP contribution in [0.3, 0.4) is 0 Å². The summed E-state index contributed by atoms with van der Waals surface area (Å²) in [7, 11) is 1.63. The summed E-state index contributed by atoms with van der Waals surface area (Å²) in [6, 6.07) is 14.1. The molecule has 1 aromatic heterocycles. The maximum absolute atomic E-state index is 13.0. The number of nitrogens with zero attached hydrogens (tertiary/aromatic N) is 4. The number of rotatable bonds is 7. The zero-order chi connectivity index (χ0) is 24.1. The lowest BCUT2D eigenvalue weighted by Gasteiger charge is -2.22. The molecule has 0 N–H and O–H groups in total. The van der Waals surface area contributed by atoms with Crippen molar-refractivity contribution < 1.29 is 19.2 Å². The Hall–Kier alpha value is -3.88. The van der Waals surface area contributed by atoms with Crippen LogP contribution in [0.15, 0.2) is 54.7 Å². The first kappa shape index (κ1) is 23.3. The summed E-state index contributed by atoms with van der Waals surface area (Å²) in [4.78, 5) is 39.9. The molecule has 0 unspecified atom stereocenters. The lowest BCUT2D eigenvalue weighted by Crippen LogP contribution is -2.38. The fourth-order valence-electron chi connectivity index (χ4n) is 4.30. The number of non-ortho nitro benzene ring substituents is 1. The van der Waals surface area contributed by atoms with Crippen LogP contribution in [-0.2, 0) is 22.6 Å². The number of aryl methyl sites for hydroxylation is 1. The molecule has 0 aliphatic carbocycles. The zero-order valence-corrected chi connectivity index (χ0v) is 19.2. The zero-order valence-electron chi connectivity index (χ0n) is 19.2. The molecule has 1 saturated heterocycles. The van der Waals surface area contributed by atoms with Crippen molar-refractivity contribution in [1.82, 2.24) is 14.4 Å². The molecule has 2 aromatic carbocycles. The van der Waals surface area contributed by atoms with Gasteiger partial charge in [0.25, 0.3) is 5.69 Å². The Balaban J connectivity index is 1.31. The number of aromatic nitrogens is 1. The van der Waals surface area contributed by atoms with E-state index in [0.717, 1.165) is 28.6 Å². The Kier molecular flexibility index (Phi) is 7.10. The summed E-state index contributed by atoms with van der Waals surface area (Å²) in [5.41, 5.74) is 1.90. The molecular formula is C25H28N4O5. The second-order valence-electron chi connectivity index (χ2n) is 8.41. The minimum absolute atomic E-state index is 0.0246. The van der Waals surface area contributed by atoms with Crippen molar-refractivity contribution in [3.63, 3.8) is 0 Å². The monoisotopic (exact) mass is 464 g/mol. The third kappa shape index (κ3) is 5.36. The summed E-state index contributed by atoms with van der Waals surface area (Å²) in [6.07, 6.45) is 3.61. The van der Waals surface area contributed by atoms with Gasteiger partial charge in [-0.1, -0.05) is 12.1 Å². The van der Waals surface area contributed by atoms with E-state index in [0.29, 0.717) is 39.0 Å². The second kappa shape index (κ2) is 10.4. The molecule has 0 spiro atoms. The number of methoxy groups -OCH3 is 1. The van der Waals surface area contributed by atoms with Gasteiger partial charge in [0.2, 0.25) is 11.8 Å². The molecule has 9 heteroatoms. The maximum Gasteiger partial charge on any atom is 0.270 e. The molecule has 1 fully saturated rings. The van der Waals surface area contributed by atoms with Crippen molar-refractivity contribution in [2.75, 3.05) is 33.3 Å². The largest absolute Gasteiger partial charge is 0.497 e. The van der Waals surface area contributed by atoms with Crippen molar-refractivity contribution in [2.45, 2.75) is 25.8 Å². The molecule has 0 radical (unpaired) electrons. The van der Waals surface area contributed by atoms with Crippen LogP contribution < -0.4 is 4.74 Å². The topological polar surface area (TPSA) is 97.9 Å². The molecule has 0 atom stereocenters. The van der Waals surface area contributed by atoms with Crippen LogP contribution >= 0.6 is 0 Å². The molecule has 9 nitrogen and oxygen atoms in total. The summed E-state index contributed by atoms with van der Waals surface area (Å²) in [6.45, 7) is 2.42. The third-order valence-electron chi connectivity index (χ3n) is 6.26. The van der Waals surface area contributed by atoms with E-state index in [-0.39, 0.29) is 24.0 Å². The maximum atomic E-state index is 13.0. The molecule has 34 heavy (non-hydrogen) atoms. The molecule has 3 aromatic rings. The number of ether oxygens (including phenoxy) is 1. The Morgan fingerprint density at radius 1 is 0.971 bits per heavy atom. The number of amides is 2. The highest BCUT2D eigenvalue weighted by molar-refractivity contribution is 5.85. The quantitative estimate of drug-likeness (QED) is 0.395. The van der Waals surface area contributed by atoms with Gasteiger partial charge in [-0.2, -0.15) is 0 Å². The summed E-state index contributed by atoms with van der Waals surface area (Å²) >= 11 is 0. The van der Waals surface area contributed by atoms with Crippen molar-refractivity contribution in [3.8, 4) is 5.75 Å². The fourth-order valence-corrected chi connectivity index (χ4v) is 4.30. The number of hydrogen-bond donors (Lipinski definition) is 0. The Morgan fingerprint density at radius 2 is 1.68 bits per heavy atom. The van der Waals surface area contributed by atoms with E-state index < -0.39 is 4.92 Å². The molecule has 178 valence electrons. The average Bonchev–Trinajstić information content (AvgIpc) is 3.07. The van der Waals surface area contributed by atoms with Gasteiger partial charge < -0.3 is 19.1 Å². The van der Waals surface area contributed by atoms with E-state index in [1.54, 1.807) is 30.3 Å². The molecule has 0 bridgehead atoms. The molecule has 1 aliphatic heterocycles. The van der Waals surface area contributed by atoms with E-state index in [4.69, 9.17) is 4.74 Å². The minimum atomic E-state index is -0.427. The fraction of sp³-hybridized carbons (Fsp3) is 0.360. The number of carbonyl (C=O) groups excluding carboxylic acids is 2. The van der Waals surface area contributed by atoms with Crippen LogP contribution in [0.2, 0.25) is 0 Å². The van der Waals surface area contributed by atoms with Gasteiger partial charge >= 0.3 is 0 Å². The van der Waals surface area contributed by atoms with Crippen molar-refractivity contribution in [2.24, 2.45) is 0 Å². The first-order valence-corrected chi connectivity index (χ1v) is 11.4. The number of nitro groups is 1. The SMILES string of the molecule is COc1ccc(CCC(=O)N2CCCN(C(=O)Cn3ccc4cc([N+](=O)[O-])ccc43)CC2)cc1. The number of fused-ring (bicyclic) bond motifs is 1. The lowest BCUT2D eigenvalue weighted by atomic mass is 10.1. The van der Waals surface area contributed by atoms with Crippen molar-refractivity contribution in [1.29, 1.82) is 0 Å². The van der Waals surface area contributed by atoms with Gasteiger partial charge in [0.15, 0.2) is 0 Å². The van der Waals surface area contributed by atoms with Gasteiger partial charge in [-0.3, -0.25) is 19.7 Å². The molecule has 1 aliphatic rings. The molecule has 4 rings (SSSR count). The van der Waals surface area contributed by atoms with Crippen LogP contribution in [0.5, 0.6) is 5.75 Å². The second-order valence-corrected chi connectivity index (χ2v) is 8.41. The highest BCUT2D eigenvalue weighted by atomic mass is 16.6. The smallest absolute Gasteiger partial charge is 0.270 e. The predicted octanol–water partition coefficient (Wildman–Crippen LogP) is 3.25. The molecule has 0 saturated carbocycles. The number of benzene rings is 2. The molecule has 2 heterocycles. The van der Waals surface area contributed by atoms with E-state index in [1.165, 1.54) is 12.1 Å². The van der Waals surface area contributed by atoms with E-state index in [1.807, 2.05) is 33.7 Å². The van der Waals surface area contributed by atoms with Gasteiger partial charge in [0, 0.05) is 61.8 Å². The lowest BCUT2D eigenvalue weighted by molar-refractivity contribution is -0.384. The molecular weight excluding hydrogens is 436 g/mol. The van der Waals surface area contributed by atoms with Gasteiger partial charge in [-0.25, -0.2) is 0 Å².